The Hall–Kier alpha value is -2.36. The van der Waals surface area contributed by atoms with Gasteiger partial charge in [-0.15, -0.1) is 0 Å². The van der Waals surface area contributed by atoms with Crippen LogP contribution in [-0.2, 0) is 30.9 Å². The van der Waals surface area contributed by atoms with Gasteiger partial charge in [-0.3, -0.25) is 4.79 Å². The number of carbonyl (C=O) groups is 2. The lowest BCUT2D eigenvalue weighted by Crippen LogP contribution is -2.45. The van der Waals surface area contributed by atoms with Gasteiger partial charge in [0.25, 0.3) is 0 Å². The van der Waals surface area contributed by atoms with Gasteiger partial charge >= 0.3 is 11.9 Å². The van der Waals surface area contributed by atoms with Crippen molar-refractivity contribution in [3.05, 3.63) is 52.9 Å². The SMILES string of the molecule is COC(=O)c1ccoc1COC(=O)C(NS(=O)(=O)c1ccc(Cl)cc1)C(C)C. The van der Waals surface area contributed by atoms with Gasteiger partial charge in [0.05, 0.1) is 18.3 Å². The van der Waals surface area contributed by atoms with Crippen LogP contribution in [0.15, 0.2) is 45.9 Å². The number of methoxy groups -OCH3 is 1. The third-order valence-corrected chi connectivity index (χ3v) is 5.53. The van der Waals surface area contributed by atoms with Crippen LogP contribution < -0.4 is 4.72 Å². The van der Waals surface area contributed by atoms with Crippen molar-refractivity contribution < 1.29 is 31.9 Å². The normalized spacial score (nSPS) is 12.6. The van der Waals surface area contributed by atoms with E-state index in [4.69, 9.17) is 20.8 Å². The zero-order valence-corrected chi connectivity index (χ0v) is 17.0. The van der Waals surface area contributed by atoms with Gasteiger partial charge in [0.1, 0.15) is 18.2 Å². The molecule has 0 spiro atoms. The first-order chi connectivity index (χ1) is 13.2. The molecule has 1 aromatic heterocycles. The average Bonchev–Trinajstić information content (AvgIpc) is 3.12. The van der Waals surface area contributed by atoms with E-state index in [2.05, 4.69) is 9.46 Å². The van der Waals surface area contributed by atoms with Crippen LogP contribution in [0.25, 0.3) is 0 Å². The number of furan rings is 1. The fraction of sp³-hybridized carbons (Fsp3) is 0.333. The highest BCUT2D eigenvalue weighted by molar-refractivity contribution is 7.89. The summed E-state index contributed by atoms with van der Waals surface area (Å²) in [6.07, 6.45) is 1.26. The Kier molecular flexibility index (Phi) is 7.22. The predicted molar refractivity (Wildman–Crippen MR) is 100 cm³/mol. The molecule has 0 saturated heterocycles. The van der Waals surface area contributed by atoms with Gasteiger partial charge in [-0.25, -0.2) is 13.2 Å². The summed E-state index contributed by atoms with van der Waals surface area (Å²) < 4.78 is 42.3. The average molecular weight is 430 g/mol. The van der Waals surface area contributed by atoms with Gasteiger partial charge < -0.3 is 13.9 Å². The first-order valence-electron chi connectivity index (χ1n) is 8.25. The maximum atomic E-state index is 12.5. The van der Waals surface area contributed by atoms with Gasteiger partial charge in [0.15, 0.2) is 5.76 Å². The monoisotopic (exact) mass is 429 g/mol. The Morgan fingerprint density at radius 2 is 1.82 bits per heavy atom. The van der Waals surface area contributed by atoms with Crippen molar-refractivity contribution in [1.29, 1.82) is 0 Å². The summed E-state index contributed by atoms with van der Waals surface area (Å²) in [7, 11) is -2.76. The number of rotatable bonds is 8. The number of nitrogens with one attached hydrogen (secondary N) is 1. The van der Waals surface area contributed by atoms with Crippen molar-refractivity contribution in [2.45, 2.75) is 31.4 Å². The zero-order valence-electron chi connectivity index (χ0n) is 15.5. The van der Waals surface area contributed by atoms with Crippen molar-refractivity contribution in [2.75, 3.05) is 7.11 Å². The van der Waals surface area contributed by atoms with E-state index in [9.17, 15) is 18.0 Å². The molecule has 0 amide bonds. The number of halogens is 1. The predicted octanol–water partition coefficient (Wildman–Crippen LogP) is 2.77. The first kappa shape index (κ1) is 21.9. The van der Waals surface area contributed by atoms with Crippen molar-refractivity contribution >= 4 is 33.6 Å². The molecule has 152 valence electrons. The molecule has 2 rings (SSSR count). The molecule has 0 aliphatic rings. The molecule has 1 heterocycles. The highest BCUT2D eigenvalue weighted by Gasteiger charge is 2.30. The van der Waals surface area contributed by atoms with Crippen molar-refractivity contribution in [1.82, 2.24) is 4.72 Å². The smallest absolute Gasteiger partial charge is 0.341 e. The van der Waals surface area contributed by atoms with Gasteiger partial charge in [0.2, 0.25) is 10.0 Å². The highest BCUT2D eigenvalue weighted by atomic mass is 35.5. The molecule has 28 heavy (non-hydrogen) atoms. The van der Waals surface area contributed by atoms with Gasteiger partial charge in [-0.1, -0.05) is 25.4 Å². The summed E-state index contributed by atoms with van der Waals surface area (Å²) in [5, 5.41) is 0.388. The Morgan fingerprint density at radius 3 is 2.39 bits per heavy atom. The quantitative estimate of drug-likeness (QED) is 0.642. The van der Waals surface area contributed by atoms with E-state index in [-0.39, 0.29) is 22.8 Å². The fourth-order valence-corrected chi connectivity index (χ4v) is 3.74. The van der Waals surface area contributed by atoms with Crippen LogP contribution in [0, 0.1) is 5.92 Å². The van der Waals surface area contributed by atoms with Crippen LogP contribution in [-0.4, -0.2) is 33.5 Å². The summed E-state index contributed by atoms with van der Waals surface area (Å²) in [4.78, 5) is 24.1. The number of sulfonamides is 1. The molecule has 0 aliphatic carbocycles. The minimum Gasteiger partial charge on any atom is -0.465 e. The first-order valence-corrected chi connectivity index (χ1v) is 10.1. The molecular formula is C18H20ClNO7S. The third kappa shape index (κ3) is 5.34. The number of benzene rings is 1. The molecule has 1 aromatic carbocycles. The summed E-state index contributed by atoms with van der Waals surface area (Å²) in [6, 6.07) is 5.78. The second-order valence-corrected chi connectivity index (χ2v) is 8.30. The standard InChI is InChI=1S/C18H20ClNO7S/c1-11(2)16(20-28(23,24)13-6-4-12(19)5-7-13)18(22)27-10-15-14(8-9-26-15)17(21)25-3/h4-9,11,16,20H,10H2,1-3H3. The second kappa shape index (κ2) is 9.22. The molecule has 0 aliphatic heterocycles. The lowest BCUT2D eigenvalue weighted by molar-refractivity contribution is -0.148. The van der Waals surface area contributed by atoms with Crippen LogP contribution in [0.4, 0.5) is 0 Å². The van der Waals surface area contributed by atoms with Gasteiger partial charge in [-0.2, -0.15) is 4.72 Å². The van der Waals surface area contributed by atoms with E-state index >= 15 is 0 Å². The molecule has 0 radical (unpaired) electrons. The molecule has 2 aromatic rings. The van der Waals surface area contributed by atoms with Crippen molar-refractivity contribution in [3.63, 3.8) is 0 Å². The summed E-state index contributed by atoms with van der Waals surface area (Å²) in [6.45, 7) is 2.99. The molecular weight excluding hydrogens is 410 g/mol. The molecule has 0 saturated carbocycles. The largest absolute Gasteiger partial charge is 0.465 e. The lowest BCUT2D eigenvalue weighted by Gasteiger charge is -2.20. The van der Waals surface area contributed by atoms with Crippen molar-refractivity contribution in [2.24, 2.45) is 5.92 Å². The van der Waals surface area contributed by atoms with Gasteiger partial charge in [0, 0.05) is 5.02 Å². The summed E-state index contributed by atoms with van der Waals surface area (Å²) in [5.41, 5.74) is 0.123. The second-order valence-electron chi connectivity index (χ2n) is 6.15. The molecule has 8 nitrogen and oxygen atoms in total. The van der Waals surface area contributed by atoms with Crippen LogP contribution in [0.1, 0.15) is 30.0 Å². The van der Waals surface area contributed by atoms with Crippen molar-refractivity contribution in [3.8, 4) is 0 Å². The Balaban J connectivity index is 2.11. The number of hydrogen-bond acceptors (Lipinski definition) is 7. The summed E-state index contributed by atoms with van der Waals surface area (Å²) in [5.74, 6) is -1.74. The maximum Gasteiger partial charge on any atom is 0.341 e. The van der Waals surface area contributed by atoms with E-state index in [0.29, 0.717) is 5.02 Å². The van der Waals surface area contributed by atoms with E-state index < -0.39 is 33.9 Å². The molecule has 10 heteroatoms. The molecule has 1 atom stereocenters. The lowest BCUT2D eigenvalue weighted by atomic mass is 10.1. The van der Waals surface area contributed by atoms with E-state index in [1.54, 1.807) is 13.8 Å². The molecule has 0 bridgehead atoms. The number of esters is 2. The molecule has 1 unspecified atom stereocenters. The Labute approximate surface area is 167 Å². The highest BCUT2D eigenvalue weighted by Crippen LogP contribution is 2.17. The summed E-state index contributed by atoms with van der Waals surface area (Å²) >= 11 is 5.77. The third-order valence-electron chi connectivity index (χ3n) is 3.82. The number of ether oxygens (including phenoxy) is 2. The zero-order chi connectivity index (χ0) is 20.9. The maximum absolute atomic E-state index is 12.5. The van der Waals surface area contributed by atoms with Crippen LogP contribution in [0.2, 0.25) is 5.02 Å². The van der Waals surface area contributed by atoms with Gasteiger partial charge in [-0.05, 0) is 36.2 Å². The topological polar surface area (TPSA) is 112 Å². The Morgan fingerprint density at radius 1 is 1.18 bits per heavy atom. The van der Waals surface area contributed by atoms with E-state index in [0.717, 1.165) is 0 Å². The van der Waals surface area contributed by atoms with Crippen LogP contribution >= 0.6 is 11.6 Å². The molecule has 1 N–H and O–H groups in total. The fourth-order valence-electron chi connectivity index (χ4n) is 2.28. The number of hydrogen-bond donors (Lipinski definition) is 1. The van der Waals surface area contributed by atoms with Crippen LogP contribution in [0.5, 0.6) is 0 Å². The van der Waals surface area contributed by atoms with Crippen LogP contribution in [0.3, 0.4) is 0 Å². The number of carbonyl (C=O) groups excluding carboxylic acids is 2. The molecule has 0 fully saturated rings. The minimum absolute atomic E-state index is 0.0330. The van der Waals surface area contributed by atoms with E-state index in [1.165, 1.54) is 43.7 Å². The van der Waals surface area contributed by atoms with E-state index in [1.807, 2.05) is 0 Å². The minimum atomic E-state index is -3.97. The Bertz CT molecular complexity index is 935.